The van der Waals surface area contributed by atoms with E-state index in [-0.39, 0.29) is 17.0 Å². The molecule has 0 aromatic heterocycles. The van der Waals surface area contributed by atoms with E-state index in [1.165, 1.54) is 23.5 Å². The molecule has 1 saturated heterocycles. The minimum atomic E-state index is -4.48. The maximum Gasteiger partial charge on any atom is 0.416 e. The molecule has 0 unspecified atom stereocenters. The van der Waals surface area contributed by atoms with Crippen LogP contribution in [0.4, 0.5) is 13.2 Å². The smallest absolute Gasteiger partial charge is 0.416 e. The molecule has 1 fully saturated rings. The van der Waals surface area contributed by atoms with Gasteiger partial charge in [0.1, 0.15) is 5.75 Å². The number of nitrogens with zero attached hydrogens (tertiary/aromatic N) is 1. The Morgan fingerprint density at radius 3 is 2.33 bits per heavy atom. The van der Waals surface area contributed by atoms with E-state index in [1.54, 1.807) is 12.1 Å². The Morgan fingerprint density at radius 1 is 1.13 bits per heavy atom. The SMILES string of the molecule is COc1ccc(S(=O)(=O)N2CCC[C@H]2CNC(=O)c2ccc(C(F)(F)F)cc2)cc1. The molecule has 1 amide bonds. The lowest BCUT2D eigenvalue weighted by atomic mass is 10.1. The maximum atomic E-state index is 13.0. The van der Waals surface area contributed by atoms with Gasteiger partial charge in [-0.2, -0.15) is 17.5 Å². The predicted molar refractivity (Wildman–Crippen MR) is 104 cm³/mol. The first kappa shape index (κ1) is 22.1. The highest BCUT2D eigenvalue weighted by molar-refractivity contribution is 7.89. The second kappa shape index (κ2) is 8.65. The van der Waals surface area contributed by atoms with Crippen LogP contribution < -0.4 is 10.1 Å². The molecule has 0 saturated carbocycles. The van der Waals surface area contributed by atoms with Crippen LogP contribution in [0, 0.1) is 0 Å². The van der Waals surface area contributed by atoms with Gasteiger partial charge in [0.2, 0.25) is 10.0 Å². The standard InChI is InChI=1S/C20H21F3N2O4S/c1-29-17-8-10-18(11-9-17)30(27,28)25-12-2-3-16(25)13-24-19(26)14-4-6-15(7-5-14)20(21,22)23/h4-11,16H,2-3,12-13H2,1H3,(H,24,26)/t16-/m0/s1. The number of carbonyl (C=O) groups excluding carboxylic acids is 1. The predicted octanol–water partition coefficient (Wildman–Crippen LogP) is 3.30. The van der Waals surface area contributed by atoms with Gasteiger partial charge in [0.05, 0.1) is 17.6 Å². The highest BCUT2D eigenvalue weighted by Gasteiger charge is 2.35. The summed E-state index contributed by atoms with van der Waals surface area (Å²) in [6.07, 6.45) is -3.26. The summed E-state index contributed by atoms with van der Waals surface area (Å²) in [4.78, 5) is 12.4. The molecule has 1 aliphatic rings. The van der Waals surface area contributed by atoms with Crippen molar-refractivity contribution in [2.75, 3.05) is 20.2 Å². The number of hydrogen-bond donors (Lipinski definition) is 1. The number of carbonyl (C=O) groups is 1. The third kappa shape index (κ3) is 4.76. The lowest BCUT2D eigenvalue weighted by Gasteiger charge is -2.24. The fourth-order valence-corrected chi connectivity index (χ4v) is 5.03. The van der Waals surface area contributed by atoms with Crippen molar-refractivity contribution in [3.05, 3.63) is 59.7 Å². The van der Waals surface area contributed by atoms with Crippen molar-refractivity contribution in [2.24, 2.45) is 0 Å². The summed E-state index contributed by atoms with van der Waals surface area (Å²) in [5.41, 5.74) is -0.767. The average Bonchev–Trinajstić information content (AvgIpc) is 3.21. The van der Waals surface area contributed by atoms with Crippen LogP contribution in [0.3, 0.4) is 0 Å². The molecule has 1 aliphatic heterocycles. The maximum absolute atomic E-state index is 13.0. The highest BCUT2D eigenvalue weighted by Crippen LogP contribution is 2.29. The molecule has 3 rings (SSSR count). The second-order valence-electron chi connectivity index (χ2n) is 6.87. The molecule has 0 aliphatic carbocycles. The summed E-state index contributed by atoms with van der Waals surface area (Å²) in [5.74, 6) is -0.0202. The average molecular weight is 442 g/mol. The summed E-state index contributed by atoms with van der Waals surface area (Å²) < 4.78 is 70.2. The van der Waals surface area contributed by atoms with Crippen LogP contribution in [-0.2, 0) is 16.2 Å². The first-order valence-corrected chi connectivity index (χ1v) is 10.7. The molecule has 10 heteroatoms. The van der Waals surface area contributed by atoms with Crippen LogP contribution in [0.15, 0.2) is 53.4 Å². The third-order valence-electron chi connectivity index (χ3n) is 4.96. The van der Waals surface area contributed by atoms with Crippen LogP contribution in [0.1, 0.15) is 28.8 Å². The number of rotatable bonds is 6. The second-order valence-corrected chi connectivity index (χ2v) is 8.76. The zero-order chi connectivity index (χ0) is 21.9. The van der Waals surface area contributed by atoms with Gasteiger partial charge in [0.25, 0.3) is 5.91 Å². The van der Waals surface area contributed by atoms with E-state index < -0.39 is 33.7 Å². The van der Waals surface area contributed by atoms with Crippen molar-refractivity contribution in [3.8, 4) is 5.75 Å². The summed E-state index contributed by atoms with van der Waals surface area (Å²) in [7, 11) is -2.26. The molecule has 0 spiro atoms. The van der Waals surface area contributed by atoms with Gasteiger partial charge in [-0.3, -0.25) is 4.79 Å². The van der Waals surface area contributed by atoms with E-state index in [1.807, 2.05) is 0 Å². The number of nitrogens with one attached hydrogen (secondary N) is 1. The van der Waals surface area contributed by atoms with Crippen molar-refractivity contribution in [3.63, 3.8) is 0 Å². The Hall–Kier alpha value is -2.59. The van der Waals surface area contributed by atoms with E-state index in [0.717, 1.165) is 24.3 Å². The number of hydrogen-bond acceptors (Lipinski definition) is 4. The lowest BCUT2D eigenvalue weighted by molar-refractivity contribution is -0.137. The molecule has 1 N–H and O–H groups in total. The van der Waals surface area contributed by atoms with E-state index in [0.29, 0.717) is 25.1 Å². The Kier molecular flexibility index (Phi) is 6.37. The molecule has 1 atom stereocenters. The quantitative estimate of drug-likeness (QED) is 0.745. The van der Waals surface area contributed by atoms with Gasteiger partial charge in [-0.15, -0.1) is 0 Å². The van der Waals surface area contributed by atoms with E-state index in [9.17, 15) is 26.4 Å². The Morgan fingerprint density at radius 2 is 1.77 bits per heavy atom. The van der Waals surface area contributed by atoms with Gasteiger partial charge < -0.3 is 10.1 Å². The minimum absolute atomic E-state index is 0.0647. The Labute approximate surface area is 172 Å². The molecule has 2 aromatic rings. The van der Waals surface area contributed by atoms with Gasteiger partial charge >= 0.3 is 6.18 Å². The number of ether oxygens (including phenoxy) is 1. The normalized spacial score (nSPS) is 17.7. The van der Waals surface area contributed by atoms with Crippen molar-refractivity contribution in [1.29, 1.82) is 0 Å². The van der Waals surface area contributed by atoms with Crippen molar-refractivity contribution >= 4 is 15.9 Å². The largest absolute Gasteiger partial charge is 0.497 e. The number of methoxy groups -OCH3 is 1. The Bertz CT molecular complexity index is 990. The molecule has 2 aromatic carbocycles. The number of halogens is 3. The zero-order valence-corrected chi connectivity index (χ0v) is 17.0. The molecule has 0 bridgehead atoms. The number of amides is 1. The van der Waals surface area contributed by atoms with Crippen LogP contribution >= 0.6 is 0 Å². The molecule has 6 nitrogen and oxygen atoms in total. The summed E-state index contributed by atoms with van der Waals surface area (Å²) in [5, 5.41) is 2.62. The molecule has 162 valence electrons. The number of benzene rings is 2. The fourth-order valence-electron chi connectivity index (χ4n) is 3.34. The van der Waals surface area contributed by atoms with Gasteiger partial charge in [-0.25, -0.2) is 8.42 Å². The fraction of sp³-hybridized carbons (Fsp3) is 0.350. The number of sulfonamides is 1. The van der Waals surface area contributed by atoms with Crippen LogP contribution in [0.25, 0.3) is 0 Å². The van der Waals surface area contributed by atoms with Crippen molar-refractivity contribution in [2.45, 2.75) is 30.0 Å². The summed E-state index contributed by atoms with van der Waals surface area (Å²) in [6, 6.07) is 9.48. The molecular weight excluding hydrogens is 421 g/mol. The first-order chi connectivity index (χ1) is 14.1. The van der Waals surface area contributed by atoms with Gasteiger partial charge in [0.15, 0.2) is 0 Å². The summed E-state index contributed by atoms with van der Waals surface area (Å²) in [6.45, 7) is 0.393. The van der Waals surface area contributed by atoms with Crippen LogP contribution in [-0.4, -0.2) is 44.9 Å². The van der Waals surface area contributed by atoms with Crippen LogP contribution in [0.5, 0.6) is 5.75 Å². The molecule has 0 radical (unpaired) electrons. The first-order valence-electron chi connectivity index (χ1n) is 9.24. The topological polar surface area (TPSA) is 75.7 Å². The van der Waals surface area contributed by atoms with Crippen molar-refractivity contribution in [1.82, 2.24) is 9.62 Å². The van der Waals surface area contributed by atoms with Crippen molar-refractivity contribution < 1.29 is 31.1 Å². The molecule has 30 heavy (non-hydrogen) atoms. The van der Waals surface area contributed by atoms with E-state index >= 15 is 0 Å². The highest BCUT2D eigenvalue weighted by atomic mass is 32.2. The molecular formula is C20H21F3N2O4S. The van der Waals surface area contributed by atoms with Gasteiger partial charge in [0, 0.05) is 24.7 Å². The monoisotopic (exact) mass is 442 g/mol. The lowest BCUT2D eigenvalue weighted by Crippen LogP contribution is -2.43. The summed E-state index contributed by atoms with van der Waals surface area (Å²) >= 11 is 0. The Balaban J connectivity index is 1.66. The van der Waals surface area contributed by atoms with Gasteiger partial charge in [-0.05, 0) is 61.4 Å². The zero-order valence-electron chi connectivity index (χ0n) is 16.1. The molecule has 1 heterocycles. The number of alkyl halides is 3. The van der Waals surface area contributed by atoms with E-state index in [4.69, 9.17) is 4.74 Å². The minimum Gasteiger partial charge on any atom is -0.497 e. The third-order valence-corrected chi connectivity index (χ3v) is 6.93. The van der Waals surface area contributed by atoms with Gasteiger partial charge in [-0.1, -0.05) is 0 Å². The van der Waals surface area contributed by atoms with E-state index in [2.05, 4.69) is 5.32 Å². The van der Waals surface area contributed by atoms with Crippen LogP contribution in [0.2, 0.25) is 0 Å².